The Kier molecular flexibility index (Phi) is 2.33. The molecule has 0 saturated heterocycles. The molecule has 1 aromatic carbocycles. The zero-order chi connectivity index (χ0) is 11.0. The van der Waals surface area contributed by atoms with Gasteiger partial charge in [-0.3, -0.25) is 4.79 Å². The molecule has 0 amide bonds. The molecule has 3 rings (SSSR count). The number of rotatable bonds is 1. The van der Waals surface area contributed by atoms with Crippen LogP contribution < -0.4 is 0 Å². The van der Waals surface area contributed by atoms with Crippen molar-refractivity contribution in [3.63, 3.8) is 0 Å². The maximum absolute atomic E-state index is 11.7. The van der Waals surface area contributed by atoms with Crippen LogP contribution in [-0.2, 0) is 6.42 Å². The third-order valence-electron chi connectivity index (χ3n) is 2.79. The van der Waals surface area contributed by atoms with Gasteiger partial charge in [-0.1, -0.05) is 30.3 Å². The van der Waals surface area contributed by atoms with Crippen molar-refractivity contribution < 1.29 is 4.79 Å². The number of thiazole rings is 1. The third kappa shape index (κ3) is 1.57. The number of carbonyl (C=O) groups is 1. The summed E-state index contributed by atoms with van der Waals surface area (Å²) in [4.78, 5) is 17.3. The zero-order valence-corrected chi connectivity index (χ0v) is 9.59. The van der Waals surface area contributed by atoms with Crippen LogP contribution in [0, 0.1) is 0 Å². The Morgan fingerprint density at radius 1 is 1.12 bits per heavy atom. The molecule has 0 fully saturated rings. The van der Waals surface area contributed by atoms with Crippen molar-refractivity contribution in [2.45, 2.75) is 19.3 Å². The number of hydrogen-bond acceptors (Lipinski definition) is 3. The number of nitrogens with zero attached hydrogens (tertiary/aromatic N) is 1. The molecule has 2 nitrogen and oxygen atoms in total. The van der Waals surface area contributed by atoms with Crippen molar-refractivity contribution in [3.05, 3.63) is 40.9 Å². The Labute approximate surface area is 98.0 Å². The Balaban J connectivity index is 2.08. The number of hydrogen-bond donors (Lipinski definition) is 0. The summed E-state index contributed by atoms with van der Waals surface area (Å²) in [5.74, 6) is 0.208. The van der Waals surface area contributed by atoms with Crippen LogP contribution in [0.3, 0.4) is 0 Å². The molecule has 1 aromatic heterocycles. The molecule has 80 valence electrons. The predicted octanol–water partition coefficient (Wildman–Crippen LogP) is 3.33. The van der Waals surface area contributed by atoms with Crippen molar-refractivity contribution in [2.75, 3.05) is 0 Å². The van der Waals surface area contributed by atoms with Gasteiger partial charge in [0, 0.05) is 16.9 Å². The van der Waals surface area contributed by atoms with Gasteiger partial charge in [0.15, 0.2) is 5.78 Å². The molecule has 0 N–H and O–H groups in total. The fraction of sp³-hybridized carbons (Fsp3) is 0.231. The average molecular weight is 229 g/mol. The van der Waals surface area contributed by atoms with Crippen LogP contribution >= 0.6 is 11.3 Å². The number of aromatic nitrogens is 1. The lowest BCUT2D eigenvalue weighted by Crippen LogP contribution is -2.08. The third-order valence-corrected chi connectivity index (χ3v) is 3.95. The molecule has 0 spiro atoms. The largest absolute Gasteiger partial charge is 0.292 e. The van der Waals surface area contributed by atoms with E-state index in [9.17, 15) is 4.79 Å². The Bertz CT molecular complexity index is 530. The van der Waals surface area contributed by atoms with Crippen molar-refractivity contribution in [1.29, 1.82) is 0 Å². The summed E-state index contributed by atoms with van der Waals surface area (Å²) in [6.45, 7) is 0. The lowest BCUT2D eigenvalue weighted by molar-refractivity contribution is 0.0968. The van der Waals surface area contributed by atoms with Gasteiger partial charge in [0.2, 0.25) is 0 Å². The van der Waals surface area contributed by atoms with E-state index in [4.69, 9.17) is 0 Å². The zero-order valence-electron chi connectivity index (χ0n) is 8.77. The highest BCUT2D eigenvalue weighted by Crippen LogP contribution is 2.32. The second-order valence-corrected chi connectivity index (χ2v) is 5.02. The van der Waals surface area contributed by atoms with Crippen molar-refractivity contribution in [3.8, 4) is 10.6 Å². The van der Waals surface area contributed by atoms with Crippen molar-refractivity contribution in [1.82, 2.24) is 4.98 Å². The molecule has 2 aromatic rings. The smallest absolute Gasteiger partial charge is 0.182 e. The fourth-order valence-corrected chi connectivity index (χ4v) is 3.10. The highest BCUT2D eigenvalue weighted by Gasteiger charge is 2.22. The van der Waals surface area contributed by atoms with Gasteiger partial charge in [-0.25, -0.2) is 4.98 Å². The standard InChI is InChI=1S/C13H11NOS/c15-10-7-4-8-11-12(10)14-13(16-11)9-5-2-1-3-6-9/h1-3,5-6H,4,7-8H2. The van der Waals surface area contributed by atoms with E-state index in [0.29, 0.717) is 6.42 Å². The van der Waals surface area contributed by atoms with Crippen LogP contribution in [0.4, 0.5) is 0 Å². The second-order valence-electron chi connectivity index (χ2n) is 3.93. The van der Waals surface area contributed by atoms with Crippen LogP contribution in [0.25, 0.3) is 10.6 Å². The maximum Gasteiger partial charge on any atom is 0.182 e. The number of Topliss-reactive ketones (excluding diaryl/α,β-unsaturated/α-hetero) is 1. The molecular weight excluding hydrogens is 218 g/mol. The normalized spacial score (nSPS) is 14.9. The summed E-state index contributed by atoms with van der Waals surface area (Å²) in [5.41, 5.74) is 1.82. The number of benzene rings is 1. The van der Waals surface area contributed by atoms with Crippen LogP contribution in [-0.4, -0.2) is 10.8 Å². The molecule has 16 heavy (non-hydrogen) atoms. The van der Waals surface area contributed by atoms with Gasteiger partial charge in [0.1, 0.15) is 10.7 Å². The van der Waals surface area contributed by atoms with Gasteiger partial charge >= 0.3 is 0 Å². The minimum absolute atomic E-state index is 0.208. The molecule has 0 aliphatic heterocycles. The number of aryl methyl sites for hydroxylation is 1. The van der Waals surface area contributed by atoms with E-state index in [0.717, 1.165) is 34.0 Å². The van der Waals surface area contributed by atoms with Crippen LogP contribution in [0.2, 0.25) is 0 Å². The Morgan fingerprint density at radius 2 is 1.94 bits per heavy atom. The predicted molar refractivity (Wildman–Crippen MR) is 64.8 cm³/mol. The highest BCUT2D eigenvalue weighted by molar-refractivity contribution is 7.15. The summed E-state index contributed by atoms with van der Waals surface area (Å²) < 4.78 is 0. The first-order valence-corrected chi connectivity index (χ1v) is 6.24. The minimum atomic E-state index is 0.208. The second kappa shape index (κ2) is 3.83. The molecule has 0 unspecified atom stereocenters. The Morgan fingerprint density at radius 3 is 2.69 bits per heavy atom. The van der Waals surface area contributed by atoms with E-state index in [1.54, 1.807) is 11.3 Å². The summed E-state index contributed by atoms with van der Waals surface area (Å²) in [6.07, 6.45) is 2.64. The van der Waals surface area contributed by atoms with E-state index in [1.165, 1.54) is 0 Å². The number of carbonyl (C=O) groups excluding carboxylic acids is 1. The van der Waals surface area contributed by atoms with Gasteiger partial charge in [0.05, 0.1) is 0 Å². The lowest BCUT2D eigenvalue weighted by atomic mass is 10.0. The maximum atomic E-state index is 11.7. The number of ketones is 1. The van der Waals surface area contributed by atoms with E-state index in [-0.39, 0.29) is 5.78 Å². The fourth-order valence-electron chi connectivity index (χ4n) is 1.97. The summed E-state index contributed by atoms with van der Waals surface area (Å²) in [6, 6.07) is 10.1. The first kappa shape index (κ1) is 9.73. The molecule has 0 saturated carbocycles. The van der Waals surface area contributed by atoms with Crippen LogP contribution in [0.1, 0.15) is 28.2 Å². The van der Waals surface area contributed by atoms with Gasteiger partial charge in [-0.2, -0.15) is 0 Å². The summed E-state index contributed by atoms with van der Waals surface area (Å²) in [7, 11) is 0. The summed E-state index contributed by atoms with van der Waals surface area (Å²) >= 11 is 1.66. The topological polar surface area (TPSA) is 30.0 Å². The van der Waals surface area contributed by atoms with Crippen molar-refractivity contribution in [2.24, 2.45) is 0 Å². The molecular formula is C13H11NOS. The summed E-state index contributed by atoms with van der Waals surface area (Å²) in [5, 5.41) is 0.973. The highest BCUT2D eigenvalue weighted by atomic mass is 32.1. The van der Waals surface area contributed by atoms with Gasteiger partial charge < -0.3 is 0 Å². The van der Waals surface area contributed by atoms with E-state index < -0.39 is 0 Å². The monoisotopic (exact) mass is 229 g/mol. The first-order valence-electron chi connectivity index (χ1n) is 5.43. The SMILES string of the molecule is O=C1CCCc2sc(-c3ccccc3)nc21. The van der Waals surface area contributed by atoms with Crippen LogP contribution in [0.15, 0.2) is 30.3 Å². The van der Waals surface area contributed by atoms with Gasteiger partial charge in [-0.15, -0.1) is 11.3 Å². The molecule has 0 atom stereocenters. The quantitative estimate of drug-likeness (QED) is 0.750. The molecule has 0 bridgehead atoms. The van der Waals surface area contributed by atoms with Crippen molar-refractivity contribution >= 4 is 17.1 Å². The molecule has 1 heterocycles. The molecule has 1 aliphatic rings. The van der Waals surface area contributed by atoms with Crippen LogP contribution in [0.5, 0.6) is 0 Å². The van der Waals surface area contributed by atoms with Gasteiger partial charge in [0.25, 0.3) is 0 Å². The average Bonchev–Trinajstić information content (AvgIpc) is 2.76. The van der Waals surface area contributed by atoms with E-state index in [1.807, 2.05) is 30.3 Å². The number of fused-ring (bicyclic) bond motifs is 1. The molecule has 1 aliphatic carbocycles. The molecule has 3 heteroatoms. The lowest BCUT2D eigenvalue weighted by Gasteiger charge is -2.06. The minimum Gasteiger partial charge on any atom is -0.292 e. The first-order chi connectivity index (χ1) is 7.84. The molecule has 0 radical (unpaired) electrons. The van der Waals surface area contributed by atoms with E-state index in [2.05, 4.69) is 4.98 Å². The van der Waals surface area contributed by atoms with E-state index >= 15 is 0 Å². The van der Waals surface area contributed by atoms with Gasteiger partial charge in [-0.05, 0) is 12.8 Å². The Hall–Kier alpha value is -1.48.